The Morgan fingerprint density at radius 3 is 2.68 bits per heavy atom. The number of halogens is 3. The van der Waals surface area contributed by atoms with Crippen LogP contribution in [0.25, 0.3) is 0 Å². The number of alkyl halides is 3. The van der Waals surface area contributed by atoms with Gasteiger partial charge in [0.1, 0.15) is 12.3 Å². The third-order valence-corrected chi connectivity index (χ3v) is 5.10. The minimum atomic E-state index is -4.50. The van der Waals surface area contributed by atoms with Crippen LogP contribution < -0.4 is 9.64 Å². The number of ether oxygens (including phenoxy) is 2. The molecule has 1 unspecified atom stereocenters. The number of carbonyl (C=O) groups is 2. The molecule has 0 spiro atoms. The van der Waals surface area contributed by atoms with Crippen molar-refractivity contribution in [1.29, 1.82) is 0 Å². The summed E-state index contributed by atoms with van der Waals surface area (Å²) in [7, 11) is 1.50. The van der Waals surface area contributed by atoms with E-state index in [0.29, 0.717) is 37.5 Å². The Labute approximate surface area is 161 Å². The van der Waals surface area contributed by atoms with Gasteiger partial charge in [-0.15, -0.1) is 0 Å². The van der Waals surface area contributed by atoms with Gasteiger partial charge in [0.25, 0.3) is 0 Å². The lowest BCUT2D eigenvalue weighted by atomic mass is 10.0. The van der Waals surface area contributed by atoms with E-state index in [1.165, 1.54) is 12.0 Å². The van der Waals surface area contributed by atoms with Crippen molar-refractivity contribution in [2.75, 3.05) is 38.3 Å². The fourth-order valence-corrected chi connectivity index (χ4v) is 3.71. The molecule has 28 heavy (non-hydrogen) atoms. The summed E-state index contributed by atoms with van der Waals surface area (Å²) in [5.74, 6) is -1.15. The van der Waals surface area contributed by atoms with Gasteiger partial charge in [-0.05, 0) is 25.0 Å². The van der Waals surface area contributed by atoms with Gasteiger partial charge < -0.3 is 19.3 Å². The molecule has 6 nitrogen and oxygen atoms in total. The summed E-state index contributed by atoms with van der Waals surface area (Å²) in [5.41, 5.74) is 0.563. The van der Waals surface area contributed by atoms with Gasteiger partial charge in [-0.2, -0.15) is 13.2 Å². The van der Waals surface area contributed by atoms with Crippen LogP contribution >= 0.6 is 0 Å². The molecule has 0 aromatic heterocycles. The van der Waals surface area contributed by atoms with Gasteiger partial charge in [-0.1, -0.05) is 6.07 Å². The van der Waals surface area contributed by atoms with Gasteiger partial charge in [-0.25, -0.2) is 0 Å². The van der Waals surface area contributed by atoms with Crippen LogP contribution in [0.5, 0.6) is 5.75 Å². The van der Waals surface area contributed by atoms with Crippen LogP contribution in [-0.2, 0) is 14.3 Å². The third-order valence-electron chi connectivity index (χ3n) is 5.10. The smallest absolute Gasteiger partial charge is 0.406 e. The molecule has 1 aromatic carbocycles. The molecule has 1 aromatic rings. The lowest BCUT2D eigenvalue weighted by Crippen LogP contribution is -2.50. The van der Waals surface area contributed by atoms with Crippen molar-refractivity contribution in [3.05, 3.63) is 24.3 Å². The number of carbonyl (C=O) groups excluding carboxylic acids is 2. The molecular weight excluding hydrogens is 377 g/mol. The van der Waals surface area contributed by atoms with Gasteiger partial charge in [0.15, 0.2) is 0 Å². The van der Waals surface area contributed by atoms with E-state index in [9.17, 15) is 22.8 Å². The van der Waals surface area contributed by atoms with Gasteiger partial charge in [-0.3, -0.25) is 9.59 Å². The van der Waals surface area contributed by atoms with Crippen molar-refractivity contribution >= 4 is 17.5 Å². The third kappa shape index (κ3) is 4.76. The van der Waals surface area contributed by atoms with Crippen LogP contribution in [0.15, 0.2) is 24.3 Å². The summed E-state index contributed by atoms with van der Waals surface area (Å²) in [6, 6.07) is 6.29. The topological polar surface area (TPSA) is 59.1 Å². The fourth-order valence-electron chi connectivity index (χ4n) is 3.71. The van der Waals surface area contributed by atoms with Crippen LogP contribution in [0, 0.1) is 5.92 Å². The van der Waals surface area contributed by atoms with Gasteiger partial charge in [0.2, 0.25) is 11.8 Å². The van der Waals surface area contributed by atoms with E-state index < -0.39 is 30.6 Å². The Balaban J connectivity index is 1.76. The average molecular weight is 400 g/mol. The molecule has 3 rings (SSSR count). The van der Waals surface area contributed by atoms with Crippen molar-refractivity contribution in [3.8, 4) is 5.75 Å². The summed E-state index contributed by atoms with van der Waals surface area (Å²) < 4.78 is 49.6. The number of amides is 2. The van der Waals surface area contributed by atoms with E-state index in [1.807, 2.05) is 0 Å². The molecule has 2 saturated heterocycles. The second kappa shape index (κ2) is 8.38. The average Bonchev–Trinajstić information content (AvgIpc) is 3.07. The lowest BCUT2D eigenvalue weighted by molar-refractivity contribution is -0.171. The molecule has 9 heteroatoms. The van der Waals surface area contributed by atoms with Crippen LogP contribution in [0.1, 0.15) is 19.3 Å². The molecule has 0 bridgehead atoms. The maximum Gasteiger partial charge on any atom is 0.406 e. The number of benzene rings is 1. The van der Waals surface area contributed by atoms with Crippen molar-refractivity contribution in [1.82, 2.24) is 4.90 Å². The monoisotopic (exact) mass is 400 g/mol. The molecule has 0 aliphatic carbocycles. The largest absolute Gasteiger partial charge is 0.497 e. The Hall–Kier alpha value is -2.29. The standard InChI is InChI=1S/C19H23F3N2O4/c1-27-16-4-2-3-15(10-16)23-11-13(9-17(23)25)18(26)24(12-19(20,21)22)14-5-7-28-8-6-14/h2-4,10,13-14H,5-9,11-12H2,1H3. The maximum atomic E-state index is 13.1. The maximum absolute atomic E-state index is 13.1. The first-order valence-electron chi connectivity index (χ1n) is 9.18. The first-order chi connectivity index (χ1) is 13.3. The van der Waals surface area contributed by atoms with E-state index >= 15 is 0 Å². The summed E-state index contributed by atoms with van der Waals surface area (Å²) >= 11 is 0. The predicted molar refractivity (Wildman–Crippen MR) is 95.1 cm³/mol. The summed E-state index contributed by atoms with van der Waals surface area (Å²) in [6.07, 6.45) is -3.87. The highest BCUT2D eigenvalue weighted by molar-refractivity contribution is 6.00. The minimum absolute atomic E-state index is 0.0579. The van der Waals surface area contributed by atoms with Gasteiger partial charge >= 0.3 is 6.18 Å². The second-order valence-electron chi connectivity index (χ2n) is 7.03. The Bertz CT molecular complexity index is 719. The molecule has 0 saturated carbocycles. The number of anilines is 1. The summed E-state index contributed by atoms with van der Waals surface area (Å²) in [6.45, 7) is -0.597. The van der Waals surface area contributed by atoms with Crippen LogP contribution in [0.2, 0.25) is 0 Å². The van der Waals surface area contributed by atoms with Crippen molar-refractivity contribution < 1.29 is 32.2 Å². The minimum Gasteiger partial charge on any atom is -0.497 e. The zero-order chi connectivity index (χ0) is 20.3. The quantitative estimate of drug-likeness (QED) is 0.763. The molecule has 2 heterocycles. The number of methoxy groups -OCH3 is 1. The van der Waals surface area contributed by atoms with Crippen LogP contribution in [0.4, 0.5) is 18.9 Å². The number of nitrogens with zero attached hydrogens (tertiary/aromatic N) is 2. The molecule has 2 fully saturated rings. The number of hydrogen-bond acceptors (Lipinski definition) is 4. The molecule has 2 amide bonds. The Morgan fingerprint density at radius 1 is 1.32 bits per heavy atom. The molecular formula is C19H23F3N2O4. The lowest BCUT2D eigenvalue weighted by Gasteiger charge is -2.36. The van der Waals surface area contributed by atoms with E-state index in [4.69, 9.17) is 9.47 Å². The molecule has 1 atom stereocenters. The Kier molecular flexibility index (Phi) is 6.12. The SMILES string of the molecule is COc1cccc(N2CC(C(=O)N(CC(F)(F)F)C3CCOCC3)CC2=O)c1. The highest BCUT2D eigenvalue weighted by atomic mass is 19.4. The van der Waals surface area contributed by atoms with Crippen LogP contribution in [-0.4, -0.2) is 62.3 Å². The fraction of sp³-hybridized carbons (Fsp3) is 0.579. The van der Waals surface area contributed by atoms with E-state index in [2.05, 4.69) is 0 Å². The zero-order valence-electron chi connectivity index (χ0n) is 15.6. The molecule has 0 radical (unpaired) electrons. The highest BCUT2D eigenvalue weighted by Gasteiger charge is 2.43. The Morgan fingerprint density at radius 2 is 2.04 bits per heavy atom. The zero-order valence-corrected chi connectivity index (χ0v) is 15.6. The first-order valence-corrected chi connectivity index (χ1v) is 9.18. The second-order valence-corrected chi connectivity index (χ2v) is 7.03. The summed E-state index contributed by atoms with van der Waals surface area (Å²) in [4.78, 5) is 27.7. The predicted octanol–water partition coefficient (Wildman–Crippen LogP) is 2.62. The van der Waals surface area contributed by atoms with Crippen LogP contribution in [0.3, 0.4) is 0 Å². The molecule has 0 N–H and O–H groups in total. The van der Waals surface area contributed by atoms with Crippen molar-refractivity contribution in [2.24, 2.45) is 5.92 Å². The molecule has 154 valence electrons. The van der Waals surface area contributed by atoms with Crippen molar-refractivity contribution in [3.63, 3.8) is 0 Å². The number of hydrogen-bond donors (Lipinski definition) is 0. The van der Waals surface area contributed by atoms with E-state index in [1.54, 1.807) is 24.3 Å². The van der Waals surface area contributed by atoms with Crippen molar-refractivity contribution in [2.45, 2.75) is 31.5 Å². The van der Waals surface area contributed by atoms with E-state index in [-0.39, 0.29) is 18.9 Å². The van der Waals surface area contributed by atoms with Gasteiger partial charge in [0, 0.05) is 44.0 Å². The molecule has 2 aliphatic heterocycles. The first kappa shape index (κ1) is 20.4. The number of rotatable bonds is 5. The normalized spacial score (nSPS) is 21.1. The summed E-state index contributed by atoms with van der Waals surface area (Å²) in [5, 5.41) is 0. The van der Waals surface area contributed by atoms with E-state index in [0.717, 1.165) is 4.90 Å². The highest BCUT2D eigenvalue weighted by Crippen LogP contribution is 2.31. The van der Waals surface area contributed by atoms with Gasteiger partial charge in [0.05, 0.1) is 13.0 Å². The molecule has 2 aliphatic rings.